The van der Waals surface area contributed by atoms with Crippen LogP contribution in [0.2, 0.25) is 0 Å². The predicted molar refractivity (Wildman–Crippen MR) is 107 cm³/mol. The Bertz CT molecular complexity index is 687. The summed E-state index contributed by atoms with van der Waals surface area (Å²) in [6.07, 6.45) is 21.9. The number of benzene rings is 1. The Kier molecular flexibility index (Phi) is 6.35. The third-order valence-electron chi connectivity index (χ3n) is 4.65. The van der Waals surface area contributed by atoms with E-state index in [1.807, 2.05) is 0 Å². The van der Waals surface area contributed by atoms with Crippen molar-refractivity contribution in [1.82, 2.24) is 0 Å². The minimum Gasteiger partial charge on any atom is -0.496 e. The monoisotopic (exact) mass is 358 g/mol. The van der Waals surface area contributed by atoms with Crippen molar-refractivity contribution in [2.24, 2.45) is 11.8 Å². The maximum atomic E-state index is 6.24. The molecular weight excluding hydrogens is 335 g/mol. The molecule has 0 saturated carbocycles. The van der Waals surface area contributed by atoms with Gasteiger partial charge in [0.2, 0.25) is 0 Å². The third-order valence-corrected chi connectivity index (χ3v) is 5.84. The molecule has 2 aliphatic carbocycles. The van der Waals surface area contributed by atoms with Gasteiger partial charge in [0, 0.05) is 13.2 Å². The van der Waals surface area contributed by atoms with E-state index in [-0.39, 0.29) is 7.93 Å². The summed E-state index contributed by atoms with van der Waals surface area (Å²) in [7, 11) is 1.99. The fourth-order valence-corrected chi connectivity index (χ4v) is 4.50. The summed E-state index contributed by atoms with van der Waals surface area (Å²) in [5.41, 5.74) is 2.66. The van der Waals surface area contributed by atoms with Crippen LogP contribution in [0.3, 0.4) is 0 Å². The number of halogens is 1. The first-order chi connectivity index (χ1) is 11.8. The van der Waals surface area contributed by atoms with Crippen molar-refractivity contribution in [2.75, 3.05) is 7.11 Å². The number of ether oxygens (including phenoxy) is 1. The molecule has 3 unspecified atom stereocenters. The highest BCUT2D eigenvalue weighted by Gasteiger charge is 2.17. The van der Waals surface area contributed by atoms with Gasteiger partial charge in [-0.25, -0.2) is 0 Å². The highest BCUT2D eigenvalue weighted by atomic mass is 35.7. The summed E-state index contributed by atoms with van der Waals surface area (Å²) in [6, 6.07) is 4.56. The van der Waals surface area contributed by atoms with Gasteiger partial charge in [0.25, 0.3) is 0 Å². The quantitative estimate of drug-likeness (QED) is 0.610. The smallest absolute Gasteiger partial charge is 0.130 e. The molecule has 0 saturated heterocycles. The maximum Gasteiger partial charge on any atom is 0.130 e. The molecule has 0 aliphatic heterocycles. The first-order valence-corrected chi connectivity index (χ1v) is 10.5. The van der Waals surface area contributed by atoms with Gasteiger partial charge in [-0.1, -0.05) is 65.9 Å². The van der Waals surface area contributed by atoms with E-state index < -0.39 is 0 Å². The van der Waals surface area contributed by atoms with Crippen molar-refractivity contribution < 1.29 is 4.74 Å². The Morgan fingerprint density at radius 2 is 1.67 bits per heavy atom. The molecule has 0 heterocycles. The Hall–Kier alpha value is -1.30. The third kappa shape index (κ3) is 4.41. The van der Waals surface area contributed by atoms with Crippen LogP contribution in [-0.2, 0) is 12.8 Å². The van der Waals surface area contributed by atoms with E-state index in [1.165, 1.54) is 11.1 Å². The van der Waals surface area contributed by atoms with Gasteiger partial charge in [-0.15, -0.1) is 0 Å². The molecular formula is C21H24ClOP. The highest BCUT2D eigenvalue weighted by Crippen LogP contribution is 2.32. The van der Waals surface area contributed by atoms with Crippen LogP contribution in [0.4, 0.5) is 0 Å². The highest BCUT2D eigenvalue weighted by molar-refractivity contribution is 7.75. The van der Waals surface area contributed by atoms with Gasteiger partial charge in [0.05, 0.1) is 7.11 Å². The molecule has 0 aromatic heterocycles. The Morgan fingerprint density at radius 1 is 1.00 bits per heavy atom. The molecule has 24 heavy (non-hydrogen) atoms. The summed E-state index contributed by atoms with van der Waals surface area (Å²) in [5.74, 6) is 2.11. The summed E-state index contributed by atoms with van der Waals surface area (Å²) in [4.78, 5) is 0. The molecule has 0 spiro atoms. The molecule has 0 radical (unpaired) electrons. The number of allylic oxidation sites excluding steroid dienone is 8. The molecule has 1 nitrogen and oxygen atoms in total. The van der Waals surface area contributed by atoms with E-state index in [2.05, 4.69) is 60.7 Å². The van der Waals surface area contributed by atoms with Crippen LogP contribution in [-0.4, -0.2) is 7.11 Å². The maximum absolute atomic E-state index is 6.24. The minimum absolute atomic E-state index is 0.236. The molecule has 0 fully saturated rings. The van der Waals surface area contributed by atoms with Crippen molar-refractivity contribution in [3.05, 3.63) is 71.9 Å². The Balaban J connectivity index is 1.85. The standard InChI is InChI=1S/C21H24ClOP/c1-23-21-19(13-17-10-6-3-7-11-17)14-18(15-20(21)24-22)12-16-8-4-2-5-9-16/h2-8,10,14-17,24H,9,11-13H2,1H3. The fraction of sp³-hybridized carbons (Fsp3) is 0.333. The topological polar surface area (TPSA) is 9.23 Å². The summed E-state index contributed by atoms with van der Waals surface area (Å²) >= 11 is 6.24. The van der Waals surface area contributed by atoms with Gasteiger partial charge < -0.3 is 4.74 Å². The van der Waals surface area contributed by atoms with Gasteiger partial charge in [-0.05, 0) is 54.7 Å². The van der Waals surface area contributed by atoms with Crippen LogP contribution in [0.1, 0.15) is 24.0 Å². The number of hydrogen-bond acceptors (Lipinski definition) is 1. The molecule has 126 valence electrons. The lowest BCUT2D eigenvalue weighted by atomic mass is 9.89. The van der Waals surface area contributed by atoms with Crippen molar-refractivity contribution in [3.8, 4) is 5.75 Å². The van der Waals surface area contributed by atoms with Crippen LogP contribution < -0.4 is 10.0 Å². The van der Waals surface area contributed by atoms with Crippen LogP contribution in [0, 0.1) is 11.8 Å². The molecule has 1 aromatic carbocycles. The molecule has 3 heteroatoms. The first kappa shape index (κ1) is 17.5. The molecule has 0 amide bonds. The average Bonchev–Trinajstić information content (AvgIpc) is 2.63. The van der Waals surface area contributed by atoms with E-state index in [0.717, 1.165) is 36.7 Å². The van der Waals surface area contributed by atoms with Gasteiger partial charge in [-0.3, -0.25) is 0 Å². The van der Waals surface area contributed by atoms with E-state index >= 15 is 0 Å². The van der Waals surface area contributed by atoms with Crippen LogP contribution in [0.25, 0.3) is 0 Å². The molecule has 0 N–H and O–H groups in total. The Morgan fingerprint density at radius 3 is 2.21 bits per heavy atom. The van der Waals surface area contributed by atoms with Crippen molar-refractivity contribution >= 4 is 24.5 Å². The van der Waals surface area contributed by atoms with Gasteiger partial charge in [0.15, 0.2) is 0 Å². The lowest BCUT2D eigenvalue weighted by Crippen LogP contribution is -2.12. The zero-order valence-corrected chi connectivity index (χ0v) is 15.8. The van der Waals surface area contributed by atoms with Gasteiger partial charge >= 0.3 is 0 Å². The van der Waals surface area contributed by atoms with E-state index in [1.54, 1.807) is 7.11 Å². The largest absolute Gasteiger partial charge is 0.496 e. The van der Waals surface area contributed by atoms with Crippen molar-refractivity contribution in [1.29, 1.82) is 0 Å². The molecule has 1 aromatic rings. The second kappa shape index (κ2) is 8.70. The summed E-state index contributed by atoms with van der Waals surface area (Å²) in [6.45, 7) is 0. The molecule has 3 rings (SSSR count). The SMILES string of the molecule is COc1c(CC2C=CC=CC2)cc(CC2C=CC=CC2)cc1PCl. The van der Waals surface area contributed by atoms with Crippen LogP contribution in [0.5, 0.6) is 5.75 Å². The summed E-state index contributed by atoms with van der Waals surface area (Å²) < 4.78 is 5.71. The molecule has 2 aliphatic rings. The van der Waals surface area contributed by atoms with Gasteiger partial charge in [-0.2, -0.15) is 0 Å². The van der Waals surface area contributed by atoms with Crippen LogP contribution >= 0.6 is 19.2 Å². The second-order valence-corrected chi connectivity index (χ2v) is 7.75. The lowest BCUT2D eigenvalue weighted by molar-refractivity contribution is 0.410. The van der Waals surface area contributed by atoms with Gasteiger partial charge in [0.1, 0.15) is 5.75 Å². The minimum atomic E-state index is 0.236. The van der Waals surface area contributed by atoms with E-state index in [0.29, 0.717) is 11.8 Å². The normalized spacial score (nSPS) is 22.6. The molecule has 3 atom stereocenters. The number of hydrogen-bond donors (Lipinski definition) is 0. The second-order valence-electron chi connectivity index (χ2n) is 6.46. The van der Waals surface area contributed by atoms with Crippen LogP contribution in [0.15, 0.2) is 60.7 Å². The molecule has 0 bridgehead atoms. The Labute approximate surface area is 151 Å². The van der Waals surface area contributed by atoms with Crippen molar-refractivity contribution in [2.45, 2.75) is 25.7 Å². The summed E-state index contributed by atoms with van der Waals surface area (Å²) in [5, 5.41) is 1.14. The zero-order valence-electron chi connectivity index (χ0n) is 14.0. The zero-order chi connectivity index (χ0) is 16.8. The predicted octanol–water partition coefficient (Wildman–Crippen LogP) is 5.50. The first-order valence-electron chi connectivity index (χ1n) is 8.53. The fourth-order valence-electron chi connectivity index (χ4n) is 3.49. The lowest BCUT2D eigenvalue weighted by Gasteiger charge is -2.20. The van der Waals surface area contributed by atoms with Crippen molar-refractivity contribution in [3.63, 3.8) is 0 Å². The number of rotatable bonds is 6. The number of methoxy groups -OCH3 is 1. The van der Waals surface area contributed by atoms with E-state index in [4.69, 9.17) is 16.0 Å². The average molecular weight is 359 g/mol. The van der Waals surface area contributed by atoms with E-state index in [9.17, 15) is 0 Å².